The Morgan fingerprint density at radius 2 is 2.12 bits per heavy atom. The smallest absolute Gasteiger partial charge is 0.383 e. The predicted octanol–water partition coefficient (Wildman–Crippen LogP) is 2.37. The van der Waals surface area contributed by atoms with E-state index < -0.39 is 11.7 Å². The van der Waals surface area contributed by atoms with Crippen LogP contribution in [0.5, 0.6) is 0 Å². The molecule has 1 heterocycles. The monoisotopic (exact) mass is 245 g/mol. The van der Waals surface area contributed by atoms with Gasteiger partial charge < -0.3 is 10.1 Å². The number of nitrogens with one attached hydrogen (secondary N) is 1. The molecule has 0 saturated heterocycles. The van der Waals surface area contributed by atoms with Gasteiger partial charge in [0.05, 0.1) is 12.2 Å². The van der Waals surface area contributed by atoms with Crippen LogP contribution in [-0.2, 0) is 23.9 Å². The zero-order valence-electron chi connectivity index (χ0n) is 9.47. The lowest BCUT2D eigenvalue weighted by Crippen LogP contribution is -2.38. The van der Waals surface area contributed by atoms with Crippen LogP contribution in [0.4, 0.5) is 13.2 Å². The normalized spacial score (nSPS) is 20.1. The SMILES string of the molecule is COCC1Cc2ccc(C(F)(F)F)cc2CN1. The molecule has 1 atom stereocenters. The third-order valence-corrected chi connectivity index (χ3v) is 2.95. The Balaban J connectivity index is 2.20. The fourth-order valence-electron chi connectivity index (χ4n) is 2.08. The molecule has 0 aliphatic carbocycles. The third-order valence-electron chi connectivity index (χ3n) is 2.95. The van der Waals surface area contributed by atoms with Crippen LogP contribution in [0.1, 0.15) is 16.7 Å². The predicted molar refractivity (Wildman–Crippen MR) is 57.7 cm³/mol. The molecular formula is C12H14F3NO. The highest BCUT2D eigenvalue weighted by Crippen LogP contribution is 2.31. The van der Waals surface area contributed by atoms with E-state index >= 15 is 0 Å². The van der Waals surface area contributed by atoms with Crippen molar-refractivity contribution in [3.63, 3.8) is 0 Å². The van der Waals surface area contributed by atoms with Gasteiger partial charge in [-0.3, -0.25) is 0 Å². The molecule has 0 bridgehead atoms. The zero-order valence-corrected chi connectivity index (χ0v) is 9.47. The van der Waals surface area contributed by atoms with Gasteiger partial charge in [0, 0.05) is 19.7 Å². The van der Waals surface area contributed by atoms with Crippen molar-refractivity contribution in [1.82, 2.24) is 5.32 Å². The number of ether oxygens (including phenoxy) is 1. The first-order valence-corrected chi connectivity index (χ1v) is 5.42. The molecule has 2 rings (SSSR count). The molecule has 1 aromatic rings. The molecule has 1 aliphatic rings. The third kappa shape index (κ3) is 2.79. The highest BCUT2D eigenvalue weighted by molar-refractivity contribution is 5.35. The molecule has 0 saturated carbocycles. The molecular weight excluding hydrogens is 231 g/mol. The van der Waals surface area contributed by atoms with Crippen LogP contribution in [-0.4, -0.2) is 19.8 Å². The molecule has 2 nitrogen and oxygen atoms in total. The molecule has 1 N–H and O–H groups in total. The molecule has 94 valence electrons. The van der Waals surface area contributed by atoms with E-state index in [9.17, 15) is 13.2 Å². The quantitative estimate of drug-likeness (QED) is 0.863. The first-order valence-electron chi connectivity index (χ1n) is 5.42. The van der Waals surface area contributed by atoms with E-state index in [0.29, 0.717) is 19.6 Å². The first-order chi connectivity index (χ1) is 8.00. The van der Waals surface area contributed by atoms with Gasteiger partial charge in [-0.15, -0.1) is 0 Å². The Bertz CT molecular complexity index is 403. The summed E-state index contributed by atoms with van der Waals surface area (Å²) < 4.78 is 42.6. The molecule has 0 spiro atoms. The van der Waals surface area contributed by atoms with Gasteiger partial charge in [0.1, 0.15) is 0 Å². The van der Waals surface area contributed by atoms with Crippen LogP contribution < -0.4 is 5.32 Å². The van der Waals surface area contributed by atoms with Crippen molar-refractivity contribution in [3.05, 3.63) is 34.9 Å². The summed E-state index contributed by atoms with van der Waals surface area (Å²) in [5.74, 6) is 0. The largest absolute Gasteiger partial charge is 0.416 e. The Morgan fingerprint density at radius 1 is 1.35 bits per heavy atom. The van der Waals surface area contributed by atoms with Crippen LogP contribution >= 0.6 is 0 Å². The number of benzene rings is 1. The summed E-state index contributed by atoms with van der Waals surface area (Å²) in [4.78, 5) is 0. The lowest BCUT2D eigenvalue weighted by Gasteiger charge is -2.26. The van der Waals surface area contributed by atoms with E-state index in [1.807, 2.05) is 0 Å². The summed E-state index contributed by atoms with van der Waals surface area (Å²) in [6, 6.07) is 4.13. The van der Waals surface area contributed by atoms with Crippen LogP contribution in [0.15, 0.2) is 18.2 Å². The van der Waals surface area contributed by atoms with Gasteiger partial charge >= 0.3 is 6.18 Å². The molecule has 1 aliphatic heterocycles. The van der Waals surface area contributed by atoms with Crippen molar-refractivity contribution in [2.75, 3.05) is 13.7 Å². The van der Waals surface area contributed by atoms with Gasteiger partial charge in [0.15, 0.2) is 0 Å². The molecule has 5 heteroatoms. The van der Waals surface area contributed by atoms with Crippen LogP contribution in [0, 0.1) is 0 Å². The Morgan fingerprint density at radius 3 is 2.76 bits per heavy atom. The van der Waals surface area contributed by atoms with Crippen molar-refractivity contribution < 1.29 is 17.9 Å². The highest BCUT2D eigenvalue weighted by Gasteiger charge is 2.31. The van der Waals surface area contributed by atoms with Gasteiger partial charge in [-0.2, -0.15) is 13.2 Å². The topological polar surface area (TPSA) is 21.3 Å². The Kier molecular flexibility index (Phi) is 3.40. The standard InChI is InChI=1S/C12H14F3NO/c1-17-7-11-5-8-2-3-10(12(13,14)15)4-9(8)6-16-11/h2-4,11,16H,5-7H2,1H3. The maximum Gasteiger partial charge on any atom is 0.416 e. The van der Waals surface area contributed by atoms with Crippen LogP contribution in [0.2, 0.25) is 0 Å². The van der Waals surface area contributed by atoms with Crippen molar-refractivity contribution >= 4 is 0 Å². The summed E-state index contributed by atoms with van der Waals surface area (Å²) in [6.45, 7) is 1.04. The second-order valence-electron chi connectivity index (χ2n) is 4.22. The average molecular weight is 245 g/mol. The Labute approximate surface area is 97.8 Å². The summed E-state index contributed by atoms with van der Waals surface area (Å²) in [7, 11) is 1.62. The summed E-state index contributed by atoms with van der Waals surface area (Å²) in [6.07, 6.45) is -3.56. The summed E-state index contributed by atoms with van der Waals surface area (Å²) in [5, 5.41) is 3.16. The van der Waals surface area contributed by atoms with Gasteiger partial charge in [0.2, 0.25) is 0 Å². The number of hydrogen-bond donors (Lipinski definition) is 1. The molecule has 0 fully saturated rings. The summed E-state index contributed by atoms with van der Waals surface area (Å²) >= 11 is 0. The number of hydrogen-bond acceptors (Lipinski definition) is 2. The number of methoxy groups -OCH3 is 1. The van der Waals surface area contributed by atoms with Crippen LogP contribution in [0.3, 0.4) is 0 Å². The van der Waals surface area contributed by atoms with Crippen molar-refractivity contribution in [2.24, 2.45) is 0 Å². The molecule has 0 amide bonds. The second kappa shape index (κ2) is 4.66. The minimum absolute atomic E-state index is 0.184. The maximum atomic E-state index is 12.5. The average Bonchev–Trinajstić information content (AvgIpc) is 2.27. The minimum atomic E-state index is -4.27. The molecule has 0 radical (unpaired) electrons. The van der Waals surface area contributed by atoms with Gasteiger partial charge in [-0.25, -0.2) is 0 Å². The molecule has 0 aromatic heterocycles. The van der Waals surface area contributed by atoms with E-state index in [4.69, 9.17) is 4.74 Å². The van der Waals surface area contributed by atoms with Gasteiger partial charge in [0.25, 0.3) is 0 Å². The fourth-order valence-corrected chi connectivity index (χ4v) is 2.08. The zero-order chi connectivity index (χ0) is 12.5. The summed E-state index contributed by atoms with van der Waals surface area (Å²) in [5.41, 5.74) is 1.12. The maximum absolute atomic E-state index is 12.5. The van der Waals surface area contributed by atoms with E-state index in [1.54, 1.807) is 13.2 Å². The van der Waals surface area contributed by atoms with E-state index in [0.717, 1.165) is 17.2 Å². The number of fused-ring (bicyclic) bond motifs is 1. The Hall–Kier alpha value is -1.07. The van der Waals surface area contributed by atoms with Crippen molar-refractivity contribution in [1.29, 1.82) is 0 Å². The van der Waals surface area contributed by atoms with Crippen LogP contribution in [0.25, 0.3) is 0 Å². The van der Waals surface area contributed by atoms with Crippen molar-refractivity contribution in [2.45, 2.75) is 25.2 Å². The van der Waals surface area contributed by atoms with Gasteiger partial charge in [-0.1, -0.05) is 6.07 Å². The number of alkyl halides is 3. The molecule has 17 heavy (non-hydrogen) atoms. The van der Waals surface area contributed by atoms with Crippen molar-refractivity contribution in [3.8, 4) is 0 Å². The number of rotatable bonds is 2. The van der Waals surface area contributed by atoms with E-state index in [2.05, 4.69) is 5.32 Å². The number of halogens is 3. The molecule has 1 unspecified atom stereocenters. The second-order valence-corrected chi connectivity index (χ2v) is 4.22. The van der Waals surface area contributed by atoms with E-state index in [-0.39, 0.29) is 6.04 Å². The highest BCUT2D eigenvalue weighted by atomic mass is 19.4. The van der Waals surface area contributed by atoms with Gasteiger partial charge in [-0.05, 0) is 29.7 Å². The minimum Gasteiger partial charge on any atom is -0.383 e. The van der Waals surface area contributed by atoms with E-state index in [1.165, 1.54) is 6.07 Å². The lowest BCUT2D eigenvalue weighted by molar-refractivity contribution is -0.137. The fraction of sp³-hybridized carbons (Fsp3) is 0.500. The lowest BCUT2D eigenvalue weighted by atomic mass is 9.94. The first kappa shape index (κ1) is 12.4. The molecule has 1 aromatic carbocycles.